The van der Waals surface area contributed by atoms with Gasteiger partial charge in [0.15, 0.2) is 0 Å². The van der Waals surface area contributed by atoms with Crippen LogP contribution in [0.25, 0.3) is 43.1 Å². The van der Waals surface area contributed by atoms with Crippen LogP contribution in [0.2, 0.25) is 0 Å². The van der Waals surface area contributed by atoms with Crippen molar-refractivity contribution in [3.63, 3.8) is 0 Å². The van der Waals surface area contributed by atoms with Crippen molar-refractivity contribution in [3.8, 4) is 0 Å². The van der Waals surface area contributed by atoms with Gasteiger partial charge in [-0.05, 0) is 43.1 Å². The fourth-order valence-electron chi connectivity index (χ4n) is 3.42. The third-order valence-electron chi connectivity index (χ3n) is 4.24. The summed E-state index contributed by atoms with van der Waals surface area (Å²) in [6.07, 6.45) is 0. The molecule has 0 N–H and O–H groups in total. The summed E-state index contributed by atoms with van der Waals surface area (Å²) in [6.45, 7) is 0. The van der Waals surface area contributed by atoms with Crippen molar-refractivity contribution < 1.29 is 2.74 Å². The van der Waals surface area contributed by atoms with Gasteiger partial charge in [0.1, 0.15) is 0 Å². The molecule has 20 heavy (non-hydrogen) atoms. The highest BCUT2D eigenvalue weighted by Crippen LogP contribution is 2.39. The second-order valence-electron chi connectivity index (χ2n) is 5.27. The van der Waals surface area contributed by atoms with E-state index in [1.54, 1.807) is 6.07 Å². The second kappa shape index (κ2) is 3.49. The topological polar surface area (TPSA) is 0 Å². The van der Waals surface area contributed by atoms with Crippen molar-refractivity contribution in [2.24, 2.45) is 0 Å². The molecule has 0 aliphatic rings. The Morgan fingerprint density at radius 1 is 0.550 bits per heavy atom. The molecule has 0 saturated carbocycles. The molecular formula is C20H12. The van der Waals surface area contributed by atoms with Crippen LogP contribution in [-0.2, 0) is 0 Å². The largest absolute Gasteiger partial charge is 0.0629 e. The first kappa shape index (κ1) is 8.55. The standard InChI is InChI=1S/C20H12/c1-5-13-6-2-11-17-18-12-4-8-14-7-3-10-16(20(14)18)15(9-1)19(13)17/h1-12H/i1D,9D. The van der Waals surface area contributed by atoms with Gasteiger partial charge in [0.25, 0.3) is 0 Å². The maximum Gasteiger partial charge on any atom is 0.0629 e. The summed E-state index contributed by atoms with van der Waals surface area (Å²) in [7, 11) is 0. The van der Waals surface area contributed by atoms with Crippen LogP contribution in [0.15, 0.2) is 72.7 Å². The zero-order valence-electron chi connectivity index (χ0n) is 12.8. The number of benzene rings is 5. The van der Waals surface area contributed by atoms with Crippen molar-refractivity contribution in [2.45, 2.75) is 0 Å². The van der Waals surface area contributed by atoms with Gasteiger partial charge in [0, 0.05) is 0 Å². The molecule has 0 unspecified atom stereocenters. The van der Waals surface area contributed by atoms with E-state index in [4.69, 9.17) is 2.74 Å². The monoisotopic (exact) mass is 254 g/mol. The van der Waals surface area contributed by atoms with E-state index in [0.29, 0.717) is 6.04 Å². The highest BCUT2D eigenvalue weighted by molar-refractivity contribution is 6.32. The number of rotatable bonds is 0. The molecule has 92 valence electrons. The number of fused-ring (bicyclic) bond motifs is 2. The quantitative estimate of drug-likeness (QED) is 0.244. The fourth-order valence-corrected chi connectivity index (χ4v) is 3.42. The zero-order chi connectivity index (χ0) is 14.8. The molecule has 0 fully saturated rings. The van der Waals surface area contributed by atoms with E-state index in [0.717, 1.165) is 21.5 Å². The van der Waals surface area contributed by atoms with Crippen LogP contribution in [0.1, 0.15) is 2.74 Å². The summed E-state index contributed by atoms with van der Waals surface area (Å²) >= 11 is 0. The smallest absolute Gasteiger partial charge is 0.0610 e. The fraction of sp³-hybridized carbons (Fsp3) is 0. The molecule has 0 radical (unpaired) electrons. The van der Waals surface area contributed by atoms with Gasteiger partial charge in [-0.15, -0.1) is 0 Å². The molecule has 0 aliphatic heterocycles. The molecule has 5 aromatic carbocycles. The van der Waals surface area contributed by atoms with E-state index in [2.05, 4.69) is 36.4 Å². The summed E-state index contributed by atoms with van der Waals surface area (Å²) in [6, 6.07) is 21.2. The molecule has 5 aromatic rings. The van der Waals surface area contributed by atoms with Gasteiger partial charge in [0.05, 0.1) is 2.74 Å². The van der Waals surface area contributed by atoms with Crippen LogP contribution in [0.4, 0.5) is 0 Å². The van der Waals surface area contributed by atoms with Crippen LogP contribution in [0, 0.1) is 0 Å². The molecule has 0 atom stereocenters. The van der Waals surface area contributed by atoms with E-state index in [1.165, 1.54) is 21.5 Å². The van der Waals surface area contributed by atoms with E-state index >= 15 is 0 Å². The van der Waals surface area contributed by atoms with Crippen LogP contribution in [0.3, 0.4) is 0 Å². The van der Waals surface area contributed by atoms with E-state index in [-0.39, 0.29) is 6.04 Å². The lowest BCUT2D eigenvalue weighted by Gasteiger charge is -2.13. The lowest BCUT2D eigenvalue weighted by molar-refractivity contribution is 1.78. The minimum atomic E-state index is 0.288. The lowest BCUT2D eigenvalue weighted by Crippen LogP contribution is -1.85. The Hall–Kier alpha value is -2.60. The Morgan fingerprint density at radius 2 is 1.05 bits per heavy atom. The molecule has 0 aliphatic carbocycles. The second-order valence-corrected chi connectivity index (χ2v) is 5.27. The first-order valence-corrected chi connectivity index (χ1v) is 6.81. The predicted octanol–water partition coefficient (Wildman–Crippen LogP) is 5.74. The molecule has 0 spiro atoms. The Bertz CT molecular complexity index is 1180. The van der Waals surface area contributed by atoms with E-state index in [1.807, 2.05) is 18.2 Å². The van der Waals surface area contributed by atoms with Gasteiger partial charge in [0.2, 0.25) is 0 Å². The van der Waals surface area contributed by atoms with Crippen molar-refractivity contribution in [2.75, 3.05) is 0 Å². The summed E-state index contributed by atoms with van der Waals surface area (Å²) in [5, 5.41) is 8.91. The zero-order valence-corrected chi connectivity index (χ0v) is 10.8. The average Bonchev–Trinajstić information content (AvgIpc) is 2.55. The van der Waals surface area contributed by atoms with Crippen molar-refractivity contribution in [1.82, 2.24) is 0 Å². The average molecular weight is 254 g/mol. The van der Waals surface area contributed by atoms with Crippen molar-refractivity contribution in [1.29, 1.82) is 0 Å². The number of hydrogen-bond acceptors (Lipinski definition) is 0. The van der Waals surface area contributed by atoms with Crippen LogP contribution < -0.4 is 0 Å². The normalized spacial score (nSPS) is 13.4. The summed E-state index contributed by atoms with van der Waals surface area (Å²) in [4.78, 5) is 0. The maximum atomic E-state index is 8.43. The van der Waals surface area contributed by atoms with Gasteiger partial charge >= 0.3 is 0 Å². The first-order valence-electron chi connectivity index (χ1n) is 7.81. The molecule has 0 heteroatoms. The third kappa shape index (κ3) is 1.12. The van der Waals surface area contributed by atoms with Gasteiger partial charge < -0.3 is 0 Å². The van der Waals surface area contributed by atoms with Crippen LogP contribution in [-0.4, -0.2) is 0 Å². The van der Waals surface area contributed by atoms with Crippen molar-refractivity contribution >= 4 is 43.1 Å². The first-order chi connectivity index (χ1) is 10.8. The number of hydrogen-bond donors (Lipinski definition) is 0. The Balaban J connectivity index is 2.31. The van der Waals surface area contributed by atoms with Gasteiger partial charge in [-0.1, -0.05) is 72.7 Å². The molecule has 0 aromatic heterocycles. The lowest BCUT2D eigenvalue weighted by atomic mass is 9.90. The molecule has 0 amide bonds. The van der Waals surface area contributed by atoms with Crippen LogP contribution in [0.5, 0.6) is 0 Å². The summed E-state index contributed by atoms with van der Waals surface area (Å²) in [5.41, 5.74) is 0. The highest BCUT2D eigenvalue weighted by atomic mass is 14.1. The minimum absolute atomic E-state index is 0.288. The van der Waals surface area contributed by atoms with E-state index in [9.17, 15) is 0 Å². The van der Waals surface area contributed by atoms with E-state index < -0.39 is 0 Å². The van der Waals surface area contributed by atoms with Crippen LogP contribution >= 0.6 is 0 Å². The third-order valence-corrected chi connectivity index (χ3v) is 4.24. The molecule has 5 rings (SSSR count). The van der Waals surface area contributed by atoms with Crippen molar-refractivity contribution in [3.05, 3.63) is 72.7 Å². The molecule has 0 nitrogen and oxygen atoms in total. The molecular weight excluding hydrogens is 240 g/mol. The predicted molar refractivity (Wildman–Crippen MR) is 87.7 cm³/mol. The summed E-state index contributed by atoms with van der Waals surface area (Å²) in [5.74, 6) is 0. The minimum Gasteiger partial charge on any atom is -0.0610 e. The van der Waals surface area contributed by atoms with Gasteiger partial charge in [-0.2, -0.15) is 0 Å². The van der Waals surface area contributed by atoms with Gasteiger partial charge in [-0.25, -0.2) is 0 Å². The Morgan fingerprint density at radius 3 is 1.70 bits per heavy atom. The Labute approximate surface area is 119 Å². The molecule has 0 saturated heterocycles. The molecule has 0 heterocycles. The summed E-state index contributed by atoms with van der Waals surface area (Å²) < 4.78 is 16.6. The molecule has 0 bridgehead atoms. The maximum absolute atomic E-state index is 8.43. The highest BCUT2D eigenvalue weighted by Gasteiger charge is 2.11. The van der Waals surface area contributed by atoms with Gasteiger partial charge in [-0.3, -0.25) is 0 Å². The SMILES string of the molecule is [2H]c1cc2cccc3c4cccc5cccc(c(c1[2H])c23)c54. The Kier molecular flexibility index (Phi) is 1.49.